The Morgan fingerprint density at radius 2 is 1.79 bits per heavy atom. The zero-order valence-corrected chi connectivity index (χ0v) is 22.0. The van der Waals surface area contributed by atoms with Gasteiger partial charge < -0.3 is 4.74 Å². The van der Waals surface area contributed by atoms with Gasteiger partial charge in [-0.25, -0.2) is 10.1 Å². The maximum absolute atomic E-state index is 13.8. The van der Waals surface area contributed by atoms with E-state index in [-0.39, 0.29) is 11.7 Å². The lowest BCUT2D eigenvalue weighted by Crippen LogP contribution is -2.26. The van der Waals surface area contributed by atoms with Crippen LogP contribution in [0.1, 0.15) is 56.2 Å². The highest BCUT2D eigenvalue weighted by atomic mass is 16.5. The number of rotatable bonds is 10. The smallest absolute Gasteiger partial charge is 0.261 e. The van der Waals surface area contributed by atoms with Gasteiger partial charge in [0.2, 0.25) is 0 Å². The van der Waals surface area contributed by atoms with Crippen LogP contribution in [0.3, 0.4) is 0 Å². The fraction of sp³-hybridized carbons (Fsp3) is 0.300. The van der Waals surface area contributed by atoms with E-state index in [2.05, 4.69) is 64.8 Å². The third-order valence-electron chi connectivity index (χ3n) is 6.97. The molecule has 3 aromatic carbocycles. The molecule has 5 rings (SSSR count). The molecule has 0 aliphatic carbocycles. The summed E-state index contributed by atoms with van der Waals surface area (Å²) >= 11 is 0. The minimum Gasteiger partial charge on any atom is -0.377 e. The largest absolute Gasteiger partial charge is 0.377 e. The van der Waals surface area contributed by atoms with Crippen LogP contribution in [-0.2, 0) is 17.7 Å². The molecule has 0 amide bonds. The molecular formula is C30H32N6O2. The van der Waals surface area contributed by atoms with Crippen molar-refractivity contribution in [3.63, 3.8) is 0 Å². The Balaban J connectivity index is 1.51. The fourth-order valence-electron chi connectivity index (χ4n) is 4.90. The van der Waals surface area contributed by atoms with Crippen LogP contribution in [0.5, 0.6) is 0 Å². The number of aromatic amines is 1. The SMILES string of the molecule is CCCCc1nc2ccc(C(CC)OC)cc2c(=O)n1Cc1ccc(-c2ccccc2-c2nnn[nH]2)cc1. The number of methoxy groups -OCH3 is 1. The second-order valence-corrected chi connectivity index (χ2v) is 9.42. The Bertz CT molecular complexity index is 1570. The summed E-state index contributed by atoms with van der Waals surface area (Å²) in [5.74, 6) is 1.44. The number of fused-ring (bicyclic) bond motifs is 1. The zero-order chi connectivity index (χ0) is 26.5. The van der Waals surface area contributed by atoms with Crippen molar-refractivity contribution in [1.82, 2.24) is 30.2 Å². The van der Waals surface area contributed by atoms with Gasteiger partial charge >= 0.3 is 0 Å². The van der Waals surface area contributed by atoms with Crippen LogP contribution < -0.4 is 5.56 Å². The number of H-pyrrole nitrogens is 1. The van der Waals surface area contributed by atoms with Crippen LogP contribution in [0.4, 0.5) is 0 Å². The van der Waals surface area contributed by atoms with E-state index in [9.17, 15) is 4.79 Å². The van der Waals surface area contributed by atoms with E-state index >= 15 is 0 Å². The molecular weight excluding hydrogens is 476 g/mol. The fourth-order valence-corrected chi connectivity index (χ4v) is 4.90. The van der Waals surface area contributed by atoms with Gasteiger partial charge in [0, 0.05) is 19.1 Å². The van der Waals surface area contributed by atoms with Gasteiger partial charge in [-0.1, -0.05) is 74.9 Å². The molecule has 0 aliphatic heterocycles. The first-order valence-electron chi connectivity index (χ1n) is 13.1. The number of tetrazole rings is 1. The lowest BCUT2D eigenvalue weighted by atomic mass is 9.98. The summed E-state index contributed by atoms with van der Waals surface area (Å²) < 4.78 is 7.45. The van der Waals surface area contributed by atoms with Crippen molar-refractivity contribution in [3.05, 3.63) is 94.0 Å². The van der Waals surface area contributed by atoms with Crippen LogP contribution in [0, 0.1) is 0 Å². The zero-order valence-electron chi connectivity index (χ0n) is 22.0. The third kappa shape index (κ3) is 5.13. The Morgan fingerprint density at radius 3 is 2.47 bits per heavy atom. The molecule has 5 aromatic rings. The second kappa shape index (κ2) is 11.5. The summed E-state index contributed by atoms with van der Waals surface area (Å²) in [5, 5.41) is 15.0. The first-order valence-corrected chi connectivity index (χ1v) is 13.1. The lowest BCUT2D eigenvalue weighted by Gasteiger charge is -2.17. The molecule has 0 saturated carbocycles. The molecule has 0 radical (unpaired) electrons. The van der Waals surface area contributed by atoms with E-state index < -0.39 is 0 Å². The molecule has 0 aliphatic rings. The van der Waals surface area contributed by atoms with Gasteiger partial charge in [-0.3, -0.25) is 9.36 Å². The second-order valence-electron chi connectivity index (χ2n) is 9.42. The highest BCUT2D eigenvalue weighted by Gasteiger charge is 2.15. The van der Waals surface area contributed by atoms with Crippen LogP contribution in [-0.4, -0.2) is 37.3 Å². The van der Waals surface area contributed by atoms with Gasteiger partial charge in [-0.2, -0.15) is 0 Å². The van der Waals surface area contributed by atoms with Crippen LogP contribution in [0.15, 0.2) is 71.5 Å². The average molecular weight is 509 g/mol. The number of nitrogens with zero attached hydrogens (tertiary/aromatic N) is 5. The first-order chi connectivity index (χ1) is 18.6. The average Bonchev–Trinajstić information content (AvgIpc) is 3.50. The van der Waals surface area contributed by atoms with E-state index in [0.717, 1.165) is 64.8 Å². The number of hydrogen-bond acceptors (Lipinski definition) is 6. The van der Waals surface area contributed by atoms with Crippen LogP contribution in [0.25, 0.3) is 33.4 Å². The predicted molar refractivity (Wildman–Crippen MR) is 149 cm³/mol. The molecule has 0 fully saturated rings. The van der Waals surface area contributed by atoms with Gasteiger partial charge in [0.15, 0.2) is 5.82 Å². The summed E-state index contributed by atoms with van der Waals surface area (Å²) in [6, 6.07) is 22.2. The van der Waals surface area contributed by atoms with Crippen molar-refractivity contribution in [2.75, 3.05) is 7.11 Å². The van der Waals surface area contributed by atoms with E-state index in [1.54, 1.807) is 7.11 Å². The molecule has 2 heterocycles. The molecule has 38 heavy (non-hydrogen) atoms. The van der Waals surface area contributed by atoms with Crippen molar-refractivity contribution in [3.8, 4) is 22.5 Å². The number of benzene rings is 3. The topological polar surface area (TPSA) is 98.6 Å². The lowest BCUT2D eigenvalue weighted by molar-refractivity contribution is 0.100. The van der Waals surface area contributed by atoms with Crippen molar-refractivity contribution < 1.29 is 4.74 Å². The standard InChI is InChI=1S/C30H32N6O2/c1-4-6-11-28-31-26-17-16-22(27(5-2)38-3)18-25(26)30(37)36(28)19-20-12-14-21(15-13-20)23-9-7-8-10-24(23)29-32-34-35-33-29/h7-10,12-18,27H,4-6,11,19H2,1-3H3,(H,32,33,34,35). The van der Waals surface area contributed by atoms with Gasteiger partial charge in [0.25, 0.3) is 5.56 Å². The van der Waals surface area contributed by atoms with E-state index in [4.69, 9.17) is 9.72 Å². The van der Waals surface area contributed by atoms with Gasteiger partial charge in [0.05, 0.1) is 23.6 Å². The van der Waals surface area contributed by atoms with Gasteiger partial charge in [-0.15, -0.1) is 5.10 Å². The normalized spacial score (nSPS) is 12.2. The van der Waals surface area contributed by atoms with Gasteiger partial charge in [0.1, 0.15) is 5.82 Å². The Labute approximate surface area is 221 Å². The summed E-state index contributed by atoms with van der Waals surface area (Å²) in [6.45, 7) is 4.69. The number of unbranched alkanes of at least 4 members (excludes halogenated alkanes) is 1. The molecule has 0 bridgehead atoms. The summed E-state index contributed by atoms with van der Waals surface area (Å²) in [4.78, 5) is 18.7. The van der Waals surface area contributed by atoms with E-state index in [0.29, 0.717) is 17.8 Å². The Hall–Kier alpha value is -4.17. The van der Waals surface area contributed by atoms with Gasteiger partial charge in [-0.05, 0) is 57.7 Å². The number of aryl methyl sites for hydroxylation is 1. The van der Waals surface area contributed by atoms with Crippen molar-refractivity contribution >= 4 is 10.9 Å². The Kier molecular flexibility index (Phi) is 7.70. The molecule has 0 spiro atoms. The van der Waals surface area contributed by atoms with Crippen molar-refractivity contribution in [2.24, 2.45) is 0 Å². The number of hydrogen-bond donors (Lipinski definition) is 1. The summed E-state index contributed by atoms with van der Waals surface area (Å²) in [6.07, 6.45) is 3.56. The monoisotopic (exact) mass is 508 g/mol. The van der Waals surface area contributed by atoms with Crippen LogP contribution in [0.2, 0.25) is 0 Å². The van der Waals surface area contributed by atoms with Crippen molar-refractivity contribution in [1.29, 1.82) is 0 Å². The minimum absolute atomic E-state index is 0.0128. The van der Waals surface area contributed by atoms with Crippen LogP contribution >= 0.6 is 0 Å². The molecule has 2 aromatic heterocycles. The first kappa shape index (κ1) is 25.5. The molecule has 8 heteroatoms. The number of ether oxygens (including phenoxy) is 1. The quantitative estimate of drug-likeness (QED) is 0.259. The summed E-state index contributed by atoms with van der Waals surface area (Å²) in [5.41, 5.74) is 5.77. The maximum Gasteiger partial charge on any atom is 0.261 e. The molecule has 1 N–H and O–H groups in total. The highest BCUT2D eigenvalue weighted by Crippen LogP contribution is 2.30. The molecule has 8 nitrogen and oxygen atoms in total. The molecule has 0 saturated heterocycles. The van der Waals surface area contributed by atoms with Crippen molar-refractivity contribution in [2.45, 2.75) is 52.2 Å². The third-order valence-corrected chi connectivity index (χ3v) is 6.97. The molecule has 1 unspecified atom stereocenters. The number of aromatic nitrogens is 6. The minimum atomic E-state index is -0.0461. The molecule has 1 atom stereocenters. The summed E-state index contributed by atoms with van der Waals surface area (Å²) in [7, 11) is 1.70. The van der Waals surface area contributed by atoms with E-state index in [1.165, 1.54) is 0 Å². The maximum atomic E-state index is 13.8. The van der Waals surface area contributed by atoms with E-state index in [1.807, 2.05) is 41.0 Å². The Morgan fingerprint density at radius 1 is 1.00 bits per heavy atom. The number of nitrogens with one attached hydrogen (secondary N) is 1. The predicted octanol–water partition coefficient (Wildman–Crippen LogP) is 5.73. The highest BCUT2D eigenvalue weighted by molar-refractivity contribution is 5.80. The molecule has 194 valence electrons.